The van der Waals surface area contributed by atoms with Gasteiger partial charge in [0.1, 0.15) is 0 Å². The van der Waals surface area contributed by atoms with Gasteiger partial charge in [0.05, 0.1) is 12.2 Å². The second-order valence-electron chi connectivity index (χ2n) is 6.10. The molecule has 1 aromatic carbocycles. The molecule has 0 fully saturated rings. The molecule has 0 spiro atoms. The fourth-order valence-corrected chi connectivity index (χ4v) is 2.82. The molecule has 0 saturated carbocycles. The largest absolute Gasteiger partial charge is 0.361 e. The van der Waals surface area contributed by atoms with E-state index in [1.165, 1.54) is 22.0 Å². The summed E-state index contributed by atoms with van der Waals surface area (Å²) in [5.74, 6) is 1.57. The van der Waals surface area contributed by atoms with Gasteiger partial charge in [0, 0.05) is 36.8 Å². The van der Waals surface area contributed by atoms with Crippen LogP contribution in [0.25, 0.3) is 10.9 Å². The Labute approximate surface area is 170 Å². The Balaban J connectivity index is 0.00000243. The van der Waals surface area contributed by atoms with Crippen LogP contribution in [-0.2, 0) is 19.4 Å². The van der Waals surface area contributed by atoms with Crippen LogP contribution >= 0.6 is 24.0 Å². The molecule has 7 heteroatoms. The molecule has 26 heavy (non-hydrogen) atoms. The minimum Gasteiger partial charge on any atom is -0.361 e. The number of hydrogen-bond donors (Lipinski definition) is 3. The molecule has 0 atom stereocenters. The lowest BCUT2D eigenvalue weighted by molar-refractivity contribution is 0.374. The van der Waals surface area contributed by atoms with E-state index in [0.717, 1.165) is 36.8 Å². The van der Waals surface area contributed by atoms with Gasteiger partial charge < -0.3 is 20.1 Å². The van der Waals surface area contributed by atoms with Crippen molar-refractivity contribution in [2.24, 2.45) is 4.99 Å². The number of aliphatic imine (C=N–C) groups is 1. The molecule has 0 aliphatic rings. The number of H-pyrrole nitrogens is 1. The number of nitrogens with zero attached hydrogens (tertiary/aromatic N) is 2. The highest BCUT2D eigenvalue weighted by atomic mass is 127. The van der Waals surface area contributed by atoms with Crippen LogP contribution in [0, 0.1) is 6.92 Å². The van der Waals surface area contributed by atoms with Crippen molar-refractivity contribution < 1.29 is 4.52 Å². The first-order chi connectivity index (χ1) is 12.2. The molecule has 0 aliphatic heterocycles. The van der Waals surface area contributed by atoms with Crippen molar-refractivity contribution in [3.8, 4) is 0 Å². The molecule has 0 unspecified atom stereocenters. The number of rotatable bonds is 6. The van der Waals surface area contributed by atoms with E-state index in [-0.39, 0.29) is 24.0 Å². The molecular weight excluding hydrogens is 441 g/mol. The number of benzene rings is 1. The Morgan fingerprint density at radius 3 is 2.85 bits per heavy atom. The lowest BCUT2D eigenvalue weighted by atomic mass is 10.1. The highest BCUT2D eigenvalue weighted by molar-refractivity contribution is 14.0. The Hall–Kier alpha value is -2.03. The minimum absolute atomic E-state index is 0. The highest BCUT2D eigenvalue weighted by Crippen LogP contribution is 2.19. The van der Waals surface area contributed by atoms with Crippen LogP contribution < -0.4 is 10.6 Å². The first-order valence-corrected chi connectivity index (χ1v) is 8.65. The van der Waals surface area contributed by atoms with Crippen molar-refractivity contribution in [3.05, 3.63) is 53.0 Å². The Morgan fingerprint density at radius 2 is 2.12 bits per heavy atom. The molecule has 3 rings (SSSR count). The van der Waals surface area contributed by atoms with Gasteiger partial charge in [-0.1, -0.05) is 24.2 Å². The van der Waals surface area contributed by atoms with Crippen molar-refractivity contribution in [1.29, 1.82) is 0 Å². The molecule has 6 nitrogen and oxygen atoms in total. The van der Waals surface area contributed by atoms with Gasteiger partial charge >= 0.3 is 0 Å². The fourth-order valence-electron chi connectivity index (χ4n) is 2.82. The SMILES string of the molecule is CCc1cc(CNC(=NC)NCCc2c[nH]c3cc(C)ccc23)on1.I. The maximum Gasteiger partial charge on any atom is 0.191 e. The number of fused-ring (bicyclic) bond motifs is 1. The van der Waals surface area contributed by atoms with E-state index in [9.17, 15) is 0 Å². The topological polar surface area (TPSA) is 78.2 Å². The molecule has 0 radical (unpaired) electrons. The predicted octanol–water partition coefficient (Wildman–Crippen LogP) is 3.55. The third-order valence-corrected chi connectivity index (χ3v) is 4.23. The van der Waals surface area contributed by atoms with E-state index < -0.39 is 0 Å². The Kier molecular flexibility index (Phi) is 7.50. The van der Waals surface area contributed by atoms with Gasteiger partial charge in [-0.15, -0.1) is 24.0 Å². The summed E-state index contributed by atoms with van der Waals surface area (Å²) in [5.41, 5.74) is 4.73. The van der Waals surface area contributed by atoms with E-state index in [2.05, 4.69) is 64.0 Å². The number of halogens is 1. The summed E-state index contributed by atoms with van der Waals surface area (Å²) in [6.45, 7) is 5.53. The first kappa shape index (κ1) is 20.3. The van der Waals surface area contributed by atoms with Crippen LogP contribution in [-0.4, -0.2) is 29.7 Å². The zero-order valence-corrected chi connectivity index (χ0v) is 17.8. The summed E-state index contributed by atoms with van der Waals surface area (Å²) >= 11 is 0. The van der Waals surface area contributed by atoms with Crippen LogP contribution in [0.2, 0.25) is 0 Å². The van der Waals surface area contributed by atoms with Gasteiger partial charge in [-0.25, -0.2) is 0 Å². The van der Waals surface area contributed by atoms with E-state index in [0.29, 0.717) is 6.54 Å². The summed E-state index contributed by atoms with van der Waals surface area (Å²) in [7, 11) is 1.77. The van der Waals surface area contributed by atoms with Crippen LogP contribution in [0.15, 0.2) is 40.0 Å². The van der Waals surface area contributed by atoms with Crippen LogP contribution in [0.1, 0.15) is 29.5 Å². The summed E-state index contributed by atoms with van der Waals surface area (Å²) in [6.07, 6.45) is 3.88. The standard InChI is InChI=1S/C19H25N5O.HI/c1-4-15-10-16(25-24-15)12-23-19(20-3)21-8-7-14-11-22-18-9-13(2)5-6-17(14)18;/h5-6,9-11,22H,4,7-8,12H2,1-3H3,(H2,20,21,23);1H. The molecule has 0 bridgehead atoms. The second-order valence-corrected chi connectivity index (χ2v) is 6.10. The average Bonchev–Trinajstić information content (AvgIpc) is 3.24. The lowest BCUT2D eigenvalue weighted by Gasteiger charge is -2.10. The number of guanidine groups is 1. The van der Waals surface area contributed by atoms with Crippen molar-refractivity contribution in [3.63, 3.8) is 0 Å². The molecule has 140 valence electrons. The monoisotopic (exact) mass is 467 g/mol. The third-order valence-electron chi connectivity index (χ3n) is 4.23. The van der Waals surface area contributed by atoms with Crippen molar-refractivity contribution in [2.45, 2.75) is 33.2 Å². The van der Waals surface area contributed by atoms with Gasteiger partial charge in [0.25, 0.3) is 0 Å². The van der Waals surface area contributed by atoms with Gasteiger partial charge in [0.15, 0.2) is 11.7 Å². The number of aryl methyl sites for hydroxylation is 2. The summed E-state index contributed by atoms with van der Waals surface area (Å²) in [5, 5.41) is 11.9. The molecule has 2 heterocycles. The Morgan fingerprint density at radius 1 is 1.27 bits per heavy atom. The zero-order valence-electron chi connectivity index (χ0n) is 15.4. The number of aromatic amines is 1. The van der Waals surface area contributed by atoms with E-state index >= 15 is 0 Å². The molecule has 3 aromatic rings. The van der Waals surface area contributed by atoms with Crippen molar-refractivity contribution in [1.82, 2.24) is 20.8 Å². The number of aromatic nitrogens is 2. The molecule has 3 N–H and O–H groups in total. The third kappa shape index (κ3) is 5.00. The normalized spacial score (nSPS) is 11.4. The van der Waals surface area contributed by atoms with Gasteiger partial charge in [-0.05, 0) is 37.0 Å². The molecule has 2 aromatic heterocycles. The average molecular weight is 467 g/mol. The summed E-state index contributed by atoms with van der Waals surface area (Å²) < 4.78 is 5.27. The smallest absolute Gasteiger partial charge is 0.191 e. The van der Waals surface area contributed by atoms with Crippen LogP contribution in [0.5, 0.6) is 0 Å². The van der Waals surface area contributed by atoms with Gasteiger partial charge in [-0.3, -0.25) is 4.99 Å². The zero-order chi connectivity index (χ0) is 17.6. The van der Waals surface area contributed by atoms with Gasteiger partial charge in [-0.2, -0.15) is 0 Å². The fraction of sp³-hybridized carbons (Fsp3) is 0.368. The van der Waals surface area contributed by atoms with Crippen molar-refractivity contribution >= 4 is 40.8 Å². The van der Waals surface area contributed by atoms with Gasteiger partial charge in [0.2, 0.25) is 0 Å². The van der Waals surface area contributed by atoms with Crippen LogP contribution in [0.3, 0.4) is 0 Å². The summed E-state index contributed by atoms with van der Waals surface area (Å²) in [4.78, 5) is 7.59. The first-order valence-electron chi connectivity index (χ1n) is 8.65. The predicted molar refractivity (Wildman–Crippen MR) is 116 cm³/mol. The maximum atomic E-state index is 5.27. The number of nitrogens with one attached hydrogen (secondary N) is 3. The van der Waals surface area contributed by atoms with E-state index in [1.54, 1.807) is 7.05 Å². The lowest BCUT2D eigenvalue weighted by Crippen LogP contribution is -2.37. The maximum absolute atomic E-state index is 5.27. The second kappa shape index (κ2) is 9.61. The molecule has 0 saturated heterocycles. The number of hydrogen-bond acceptors (Lipinski definition) is 3. The molecule has 0 amide bonds. The van der Waals surface area contributed by atoms with Crippen molar-refractivity contribution in [2.75, 3.05) is 13.6 Å². The van der Waals surface area contributed by atoms with E-state index in [1.807, 2.05) is 6.07 Å². The minimum atomic E-state index is 0. The Bertz CT molecular complexity index is 868. The molecular formula is C19H26IN5O. The quantitative estimate of drug-likeness (QED) is 0.295. The summed E-state index contributed by atoms with van der Waals surface area (Å²) in [6, 6.07) is 8.47. The van der Waals surface area contributed by atoms with Crippen LogP contribution in [0.4, 0.5) is 0 Å². The molecule has 0 aliphatic carbocycles. The highest BCUT2D eigenvalue weighted by Gasteiger charge is 2.06. The van der Waals surface area contributed by atoms with E-state index in [4.69, 9.17) is 4.52 Å².